The highest BCUT2D eigenvalue weighted by Gasteiger charge is 2.30. The summed E-state index contributed by atoms with van der Waals surface area (Å²) in [5.41, 5.74) is 5.49. The second-order valence-corrected chi connectivity index (χ2v) is 6.97. The highest BCUT2D eigenvalue weighted by atomic mass is 16.6. The van der Waals surface area contributed by atoms with E-state index in [9.17, 15) is 9.59 Å². The lowest BCUT2D eigenvalue weighted by molar-refractivity contribution is -0.142. The van der Waals surface area contributed by atoms with E-state index in [4.69, 9.17) is 9.47 Å². The second-order valence-electron chi connectivity index (χ2n) is 6.97. The molecule has 0 fully saturated rings. The van der Waals surface area contributed by atoms with Crippen molar-refractivity contribution >= 4 is 12.1 Å². The fourth-order valence-corrected chi connectivity index (χ4v) is 3.84. The van der Waals surface area contributed by atoms with Gasteiger partial charge in [0.2, 0.25) is 0 Å². The highest BCUT2D eigenvalue weighted by Crippen LogP contribution is 2.44. The van der Waals surface area contributed by atoms with E-state index >= 15 is 0 Å². The minimum absolute atomic E-state index is 0.0330. The largest absolute Gasteiger partial charge is 0.467 e. The van der Waals surface area contributed by atoms with E-state index in [1.165, 1.54) is 7.11 Å². The lowest BCUT2D eigenvalue weighted by Gasteiger charge is -2.18. The molecule has 1 atom stereocenters. The molecule has 3 aromatic rings. The van der Waals surface area contributed by atoms with Crippen molar-refractivity contribution < 1.29 is 19.1 Å². The first-order chi connectivity index (χ1) is 14.2. The number of hydrogen-bond acceptors (Lipinski definition) is 4. The summed E-state index contributed by atoms with van der Waals surface area (Å²) >= 11 is 0. The van der Waals surface area contributed by atoms with Gasteiger partial charge >= 0.3 is 12.1 Å². The molecule has 4 rings (SSSR count). The Hall–Kier alpha value is -3.54. The van der Waals surface area contributed by atoms with Crippen LogP contribution in [-0.4, -0.2) is 36.8 Å². The molecule has 1 aliphatic rings. The Morgan fingerprint density at radius 1 is 1.03 bits per heavy atom. The molecule has 1 heterocycles. The summed E-state index contributed by atoms with van der Waals surface area (Å²) in [6.45, 7) is 0.192. The summed E-state index contributed by atoms with van der Waals surface area (Å²) in [4.78, 5) is 27.4. The van der Waals surface area contributed by atoms with Crippen molar-refractivity contribution in [1.82, 2.24) is 10.3 Å². The van der Waals surface area contributed by atoms with Gasteiger partial charge in [0, 0.05) is 24.7 Å². The van der Waals surface area contributed by atoms with Gasteiger partial charge in [-0.3, -0.25) is 0 Å². The Morgan fingerprint density at radius 2 is 1.69 bits per heavy atom. The molecule has 0 spiro atoms. The van der Waals surface area contributed by atoms with E-state index in [0.29, 0.717) is 6.42 Å². The summed E-state index contributed by atoms with van der Waals surface area (Å²) in [5, 5.41) is 2.63. The number of amides is 1. The number of ether oxygens (including phenoxy) is 2. The van der Waals surface area contributed by atoms with Crippen LogP contribution in [0.2, 0.25) is 0 Å². The summed E-state index contributed by atoms with van der Waals surface area (Å²) in [6, 6.07) is 17.3. The first kappa shape index (κ1) is 18.8. The zero-order chi connectivity index (χ0) is 20.2. The highest BCUT2D eigenvalue weighted by molar-refractivity contribution is 5.82. The number of H-pyrrole nitrogens is 1. The number of aromatic nitrogens is 1. The van der Waals surface area contributed by atoms with Crippen LogP contribution in [0.4, 0.5) is 4.79 Å². The van der Waals surface area contributed by atoms with Gasteiger partial charge in [-0.2, -0.15) is 0 Å². The number of alkyl carbamates (subject to hydrolysis) is 1. The van der Waals surface area contributed by atoms with Crippen molar-refractivity contribution in [1.29, 1.82) is 0 Å². The number of carbonyl (C=O) groups is 2. The van der Waals surface area contributed by atoms with Gasteiger partial charge in [-0.05, 0) is 33.9 Å². The third-order valence-electron chi connectivity index (χ3n) is 5.22. The number of esters is 1. The molecule has 2 aromatic carbocycles. The SMILES string of the molecule is COC(=O)C(Cc1cc[nH]c1)NC(=O)OCC1c2ccccc2-c2ccccc21. The molecule has 148 valence electrons. The van der Waals surface area contributed by atoms with Crippen LogP contribution >= 0.6 is 0 Å². The van der Waals surface area contributed by atoms with Crippen LogP contribution in [0.1, 0.15) is 22.6 Å². The lowest BCUT2D eigenvalue weighted by atomic mass is 9.98. The van der Waals surface area contributed by atoms with Crippen LogP contribution in [0.3, 0.4) is 0 Å². The first-order valence-electron chi connectivity index (χ1n) is 9.48. The van der Waals surface area contributed by atoms with Gasteiger partial charge in [0.05, 0.1) is 7.11 Å². The molecule has 0 radical (unpaired) electrons. The number of carbonyl (C=O) groups excluding carboxylic acids is 2. The number of aromatic amines is 1. The summed E-state index contributed by atoms with van der Waals surface area (Å²) in [5.74, 6) is -0.547. The van der Waals surface area contributed by atoms with E-state index in [1.54, 1.807) is 12.4 Å². The van der Waals surface area contributed by atoms with E-state index in [2.05, 4.69) is 34.6 Å². The van der Waals surface area contributed by atoms with Gasteiger partial charge in [-0.15, -0.1) is 0 Å². The standard InChI is InChI=1S/C23H22N2O4/c1-28-22(26)21(12-15-10-11-24-13-15)25-23(27)29-14-20-18-8-4-2-6-16(18)17-7-3-5-9-19(17)20/h2-11,13,20-21,24H,12,14H2,1H3,(H,25,27). The van der Waals surface area contributed by atoms with Crippen LogP contribution in [0, 0.1) is 0 Å². The Balaban J connectivity index is 1.44. The predicted octanol–water partition coefficient (Wildman–Crippen LogP) is 3.64. The molecule has 0 saturated heterocycles. The van der Waals surface area contributed by atoms with Crippen molar-refractivity contribution in [2.24, 2.45) is 0 Å². The molecule has 2 N–H and O–H groups in total. The van der Waals surface area contributed by atoms with Crippen LogP contribution in [0.5, 0.6) is 0 Å². The second kappa shape index (κ2) is 8.22. The number of nitrogens with one attached hydrogen (secondary N) is 2. The Labute approximate surface area is 168 Å². The van der Waals surface area contributed by atoms with Gasteiger partial charge in [-0.1, -0.05) is 48.5 Å². The van der Waals surface area contributed by atoms with Gasteiger partial charge < -0.3 is 19.8 Å². The molecule has 0 bridgehead atoms. The minimum Gasteiger partial charge on any atom is -0.467 e. The number of rotatable bonds is 6. The molecule has 0 saturated carbocycles. The molecule has 29 heavy (non-hydrogen) atoms. The van der Waals surface area contributed by atoms with Crippen LogP contribution < -0.4 is 5.32 Å². The molecule has 6 heteroatoms. The third-order valence-corrected chi connectivity index (χ3v) is 5.22. The molecule has 6 nitrogen and oxygen atoms in total. The smallest absolute Gasteiger partial charge is 0.407 e. The fourth-order valence-electron chi connectivity index (χ4n) is 3.84. The van der Waals surface area contributed by atoms with Crippen molar-refractivity contribution in [3.63, 3.8) is 0 Å². The quantitative estimate of drug-likeness (QED) is 0.630. The number of benzene rings is 2. The zero-order valence-electron chi connectivity index (χ0n) is 16.1. The van der Waals surface area contributed by atoms with E-state index in [1.807, 2.05) is 30.3 Å². The topological polar surface area (TPSA) is 80.4 Å². The number of fused-ring (bicyclic) bond motifs is 3. The maximum atomic E-state index is 12.4. The molecule has 1 aromatic heterocycles. The van der Waals surface area contributed by atoms with Gasteiger partial charge in [-0.25, -0.2) is 9.59 Å². The predicted molar refractivity (Wildman–Crippen MR) is 109 cm³/mol. The normalized spacial score (nSPS) is 13.3. The average Bonchev–Trinajstić information content (AvgIpc) is 3.37. The number of hydrogen-bond donors (Lipinski definition) is 2. The molecular weight excluding hydrogens is 368 g/mol. The van der Waals surface area contributed by atoms with Crippen LogP contribution in [0.15, 0.2) is 67.0 Å². The molecule has 1 aliphatic carbocycles. The first-order valence-corrected chi connectivity index (χ1v) is 9.48. The van der Waals surface area contributed by atoms with E-state index < -0.39 is 18.1 Å². The monoisotopic (exact) mass is 390 g/mol. The van der Waals surface area contributed by atoms with Gasteiger partial charge in [0.1, 0.15) is 12.6 Å². The minimum atomic E-state index is -0.813. The Kier molecular flexibility index (Phi) is 5.33. The van der Waals surface area contributed by atoms with Crippen molar-refractivity contribution in [3.05, 3.63) is 83.7 Å². The maximum Gasteiger partial charge on any atom is 0.407 e. The zero-order valence-corrected chi connectivity index (χ0v) is 16.1. The van der Waals surface area contributed by atoms with E-state index in [0.717, 1.165) is 27.8 Å². The van der Waals surface area contributed by atoms with E-state index in [-0.39, 0.29) is 12.5 Å². The maximum absolute atomic E-state index is 12.4. The Bertz CT molecular complexity index is 968. The summed E-state index contributed by atoms with van der Waals surface area (Å²) in [7, 11) is 1.30. The Morgan fingerprint density at radius 3 is 2.28 bits per heavy atom. The third kappa shape index (κ3) is 3.87. The van der Waals surface area contributed by atoms with Gasteiger partial charge in [0.15, 0.2) is 0 Å². The molecule has 1 unspecified atom stereocenters. The molecule has 0 aliphatic heterocycles. The van der Waals surface area contributed by atoms with Gasteiger partial charge in [0.25, 0.3) is 0 Å². The average molecular weight is 390 g/mol. The van der Waals surface area contributed by atoms with Crippen molar-refractivity contribution in [3.8, 4) is 11.1 Å². The summed E-state index contributed by atoms with van der Waals surface area (Å²) < 4.78 is 10.3. The van der Waals surface area contributed by atoms with Crippen molar-refractivity contribution in [2.45, 2.75) is 18.4 Å². The van der Waals surface area contributed by atoms with Crippen LogP contribution in [0.25, 0.3) is 11.1 Å². The van der Waals surface area contributed by atoms with Crippen LogP contribution in [-0.2, 0) is 20.7 Å². The fraction of sp³-hybridized carbons (Fsp3) is 0.217. The van der Waals surface area contributed by atoms with Crippen molar-refractivity contribution in [2.75, 3.05) is 13.7 Å². The number of methoxy groups -OCH3 is 1. The molecular formula is C23H22N2O4. The molecule has 1 amide bonds. The summed E-state index contributed by atoms with van der Waals surface area (Å²) in [6.07, 6.45) is 3.21. The lowest BCUT2D eigenvalue weighted by Crippen LogP contribution is -2.43.